The van der Waals surface area contributed by atoms with Gasteiger partial charge in [0.05, 0.1) is 11.6 Å². The van der Waals surface area contributed by atoms with Crippen LogP contribution in [0.15, 0.2) is 0 Å². The number of thioether (sulfide) groups is 1. The van der Waals surface area contributed by atoms with E-state index in [9.17, 15) is 9.59 Å². The molecular formula is C13H22ClN3O2S. The molecule has 3 aliphatic heterocycles. The molecule has 1 N–H and O–H groups in total. The molecule has 7 heteroatoms. The van der Waals surface area contributed by atoms with Crippen LogP contribution in [0.25, 0.3) is 0 Å². The molecule has 0 aromatic heterocycles. The first-order valence-electron chi connectivity index (χ1n) is 7.03. The fourth-order valence-electron chi connectivity index (χ4n) is 3.26. The van der Waals surface area contributed by atoms with E-state index in [2.05, 4.69) is 5.32 Å². The van der Waals surface area contributed by atoms with Crippen molar-refractivity contribution >= 4 is 36.0 Å². The number of rotatable bonds is 2. The first kappa shape index (κ1) is 15.9. The van der Waals surface area contributed by atoms with E-state index < -0.39 is 0 Å². The van der Waals surface area contributed by atoms with Gasteiger partial charge >= 0.3 is 0 Å². The Morgan fingerprint density at radius 1 is 1.30 bits per heavy atom. The number of likely N-dealkylation sites (tertiary alicyclic amines) is 1. The summed E-state index contributed by atoms with van der Waals surface area (Å²) in [6, 6.07) is 0. The summed E-state index contributed by atoms with van der Waals surface area (Å²) in [5, 5.41) is 3.43. The van der Waals surface area contributed by atoms with Gasteiger partial charge in [-0.05, 0) is 31.2 Å². The van der Waals surface area contributed by atoms with Gasteiger partial charge in [0.25, 0.3) is 0 Å². The zero-order valence-electron chi connectivity index (χ0n) is 11.6. The summed E-state index contributed by atoms with van der Waals surface area (Å²) in [7, 11) is 0. The molecule has 1 spiro atoms. The van der Waals surface area contributed by atoms with E-state index in [1.54, 1.807) is 16.7 Å². The Hall–Kier alpha value is -0.460. The number of nitrogens with zero attached hydrogens (tertiary/aromatic N) is 2. The van der Waals surface area contributed by atoms with E-state index in [1.807, 2.05) is 4.90 Å². The van der Waals surface area contributed by atoms with E-state index in [0.717, 1.165) is 39.0 Å². The fourth-order valence-corrected chi connectivity index (χ4v) is 4.16. The molecule has 0 saturated carbocycles. The quantitative estimate of drug-likeness (QED) is 0.807. The lowest BCUT2D eigenvalue weighted by Crippen LogP contribution is -2.47. The van der Waals surface area contributed by atoms with Gasteiger partial charge < -0.3 is 15.1 Å². The molecule has 3 rings (SSSR count). The highest BCUT2D eigenvalue weighted by Crippen LogP contribution is 2.36. The number of hydrogen-bond donors (Lipinski definition) is 1. The van der Waals surface area contributed by atoms with Crippen molar-refractivity contribution < 1.29 is 9.59 Å². The number of carbonyl (C=O) groups excluding carboxylic acids is 2. The molecule has 0 aliphatic carbocycles. The van der Waals surface area contributed by atoms with Crippen molar-refractivity contribution in [3.8, 4) is 0 Å². The first-order chi connectivity index (χ1) is 9.19. The van der Waals surface area contributed by atoms with Crippen molar-refractivity contribution in [1.29, 1.82) is 0 Å². The van der Waals surface area contributed by atoms with Gasteiger partial charge in [-0.25, -0.2) is 0 Å². The van der Waals surface area contributed by atoms with Crippen molar-refractivity contribution in [2.75, 3.05) is 44.4 Å². The SMILES string of the molecule is Cl.O=C(CN1CSCC1=O)N1CCC2(CCNC2)CC1. The van der Waals surface area contributed by atoms with Crippen molar-refractivity contribution in [2.45, 2.75) is 19.3 Å². The average molecular weight is 320 g/mol. The summed E-state index contributed by atoms with van der Waals surface area (Å²) in [5.41, 5.74) is 0.441. The number of halogens is 1. The van der Waals surface area contributed by atoms with E-state index >= 15 is 0 Å². The monoisotopic (exact) mass is 319 g/mol. The predicted octanol–water partition coefficient (Wildman–Crippen LogP) is 0.543. The van der Waals surface area contributed by atoms with Crippen molar-refractivity contribution in [3.63, 3.8) is 0 Å². The zero-order valence-corrected chi connectivity index (χ0v) is 13.2. The zero-order chi connectivity index (χ0) is 13.3. The van der Waals surface area contributed by atoms with E-state index in [4.69, 9.17) is 0 Å². The number of nitrogens with one attached hydrogen (secondary N) is 1. The highest BCUT2D eigenvalue weighted by molar-refractivity contribution is 8.00. The molecule has 2 amide bonds. The molecular weight excluding hydrogens is 298 g/mol. The molecule has 5 nitrogen and oxygen atoms in total. The van der Waals surface area contributed by atoms with Gasteiger partial charge in [0.2, 0.25) is 11.8 Å². The molecule has 20 heavy (non-hydrogen) atoms. The lowest BCUT2D eigenvalue weighted by molar-refractivity contribution is -0.139. The van der Waals surface area contributed by atoms with Crippen LogP contribution in [0.5, 0.6) is 0 Å². The molecule has 3 saturated heterocycles. The van der Waals surface area contributed by atoms with Gasteiger partial charge in [-0.3, -0.25) is 9.59 Å². The second kappa shape index (κ2) is 6.54. The Balaban J connectivity index is 0.00000147. The van der Waals surface area contributed by atoms with Gasteiger partial charge in [-0.15, -0.1) is 24.2 Å². The maximum Gasteiger partial charge on any atom is 0.242 e. The molecule has 3 fully saturated rings. The Morgan fingerprint density at radius 3 is 2.60 bits per heavy atom. The molecule has 0 atom stereocenters. The fraction of sp³-hybridized carbons (Fsp3) is 0.846. The van der Waals surface area contributed by atoms with Crippen LogP contribution in [0.3, 0.4) is 0 Å². The van der Waals surface area contributed by atoms with Crippen LogP contribution in [0.4, 0.5) is 0 Å². The number of piperidine rings is 1. The standard InChI is InChI=1S/C13H21N3O2S.ClH/c17-11(7-16-10-19-8-12(16)18)15-5-2-13(3-6-15)1-4-14-9-13;/h14H,1-10H2;1H. The number of carbonyl (C=O) groups is 2. The van der Waals surface area contributed by atoms with Crippen LogP contribution in [0.1, 0.15) is 19.3 Å². The molecule has 114 valence electrons. The second-order valence-electron chi connectivity index (χ2n) is 5.88. The molecule has 3 heterocycles. The van der Waals surface area contributed by atoms with Crippen LogP contribution in [-0.4, -0.2) is 66.0 Å². The summed E-state index contributed by atoms with van der Waals surface area (Å²) in [6.07, 6.45) is 3.46. The minimum atomic E-state index is 0. The third kappa shape index (κ3) is 3.23. The maximum atomic E-state index is 12.2. The molecule has 0 aromatic carbocycles. The molecule has 0 bridgehead atoms. The van der Waals surface area contributed by atoms with E-state index in [-0.39, 0.29) is 30.8 Å². The lowest BCUT2D eigenvalue weighted by Gasteiger charge is -2.39. The number of hydrogen-bond acceptors (Lipinski definition) is 4. The van der Waals surface area contributed by atoms with Gasteiger partial charge in [0.15, 0.2) is 0 Å². The molecule has 0 aromatic rings. The summed E-state index contributed by atoms with van der Waals surface area (Å²) in [6.45, 7) is 4.21. The van der Waals surface area contributed by atoms with Crippen LogP contribution in [0, 0.1) is 5.41 Å². The highest BCUT2D eigenvalue weighted by atomic mass is 35.5. The van der Waals surface area contributed by atoms with Crippen LogP contribution in [-0.2, 0) is 9.59 Å². The van der Waals surface area contributed by atoms with Gasteiger partial charge in [-0.2, -0.15) is 0 Å². The second-order valence-corrected chi connectivity index (χ2v) is 6.83. The van der Waals surface area contributed by atoms with E-state index in [0.29, 0.717) is 17.0 Å². The van der Waals surface area contributed by atoms with Crippen molar-refractivity contribution in [2.24, 2.45) is 5.41 Å². The third-order valence-corrected chi connectivity index (χ3v) is 5.61. The number of amides is 2. The lowest BCUT2D eigenvalue weighted by atomic mass is 9.78. The Kier molecular flexibility index (Phi) is 5.20. The summed E-state index contributed by atoms with van der Waals surface area (Å²) >= 11 is 1.59. The molecule has 0 unspecified atom stereocenters. The highest BCUT2D eigenvalue weighted by Gasteiger charge is 2.38. The molecule has 0 radical (unpaired) electrons. The minimum Gasteiger partial charge on any atom is -0.341 e. The Morgan fingerprint density at radius 2 is 2.05 bits per heavy atom. The summed E-state index contributed by atoms with van der Waals surface area (Å²) in [4.78, 5) is 27.4. The third-order valence-electron chi connectivity index (χ3n) is 4.66. The Bertz CT molecular complexity index is 378. The minimum absolute atomic E-state index is 0. The first-order valence-corrected chi connectivity index (χ1v) is 8.18. The topological polar surface area (TPSA) is 52.7 Å². The summed E-state index contributed by atoms with van der Waals surface area (Å²) < 4.78 is 0. The van der Waals surface area contributed by atoms with Gasteiger partial charge in [0, 0.05) is 19.6 Å². The van der Waals surface area contributed by atoms with Crippen molar-refractivity contribution in [1.82, 2.24) is 15.1 Å². The average Bonchev–Trinajstić information content (AvgIpc) is 3.01. The summed E-state index contributed by atoms with van der Waals surface area (Å²) in [5.74, 6) is 1.43. The normalized spacial score (nSPS) is 25.1. The van der Waals surface area contributed by atoms with E-state index in [1.165, 1.54) is 6.42 Å². The van der Waals surface area contributed by atoms with Crippen LogP contribution in [0.2, 0.25) is 0 Å². The van der Waals surface area contributed by atoms with Crippen molar-refractivity contribution in [3.05, 3.63) is 0 Å². The predicted molar refractivity (Wildman–Crippen MR) is 82.0 cm³/mol. The van der Waals surface area contributed by atoms with Crippen LogP contribution < -0.4 is 5.32 Å². The largest absolute Gasteiger partial charge is 0.341 e. The van der Waals surface area contributed by atoms with Crippen LogP contribution >= 0.6 is 24.2 Å². The van der Waals surface area contributed by atoms with Gasteiger partial charge in [-0.1, -0.05) is 0 Å². The Labute approximate surface area is 130 Å². The molecule has 3 aliphatic rings. The maximum absolute atomic E-state index is 12.2. The smallest absolute Gasteiger partial charge is 0.242 e. The van der Waals surface area contributed by atoms with Gasteiger partial charge in [0.1, 0.15) is 6.54 Å².